The number of aliphatic hydroxyl groups excluding tert-OH is 1. The molecule has 0 fully saturated rings. The van der Waals surface area contributed by atoms with Crippen molar-refractivity contribution in [1.29, 1.82) is 5.41 Å². The second-order valence-electron chi connectivity index (χ2n) is 9.73. The van der Waals surface area contributed by atoms with Gasteiger partial charge in [0.25, 0.3) is 5.91 Å². The zero-order valence-electron chi connectivity index (χ0n) is 22.4. The van der Waals surface area contributed by atoms with Crippen LogP contribution in [0.25, 0.3) is 15.8 Å². The summed E-state index contributed by atoms with van der Waals surface area (Å²) in [5.41, 5.74) is 4.86. The van der Waals surface area contributed by atoms with Crippen LogP contribution in [0.3, 0.4) is 0 Å². The smallest absolute Gasteiger partial charge is 0.338 e. The highest BCUT2D eigenvalue weighted by Gasteiger charge is 2.31. The number of rotatable bonds is 8. The monoisotopic (exact) mass is 574 g/mol. The molecular weight excluding hydrogens is 548 g/mol. The highest BCUT2D eigenvalue weighted by molar-refractivity contribution is 7.19. The topological polar surface area (TPSA) is 116 Å². The molecular formula is C33H26N4O4S. The van der Waals surface area contributed by atoms with Gasteiger partial charge in [0.1, 0.15) is 16.6 Å². The van der Waals surface area contributed by atoms with Gasteiger partial charge in [-0.05, 0) is 60.0 Å². The van der Waals surface area contributed by atoms with Gasteiger partial charge in [0.15, 0.2) is 6.61 Å². The molecule has 1 aliphatic heterocycles. The number of nitrogens with one attached hydrogen (secondary N) is 2. The second-order valence-corrected chi connectivity index (χ2v) is 10.8. The molecule has 0 atom stereocenters. The number of hydrogen-bond acceptors (Lipinski definition) is 7. The van der Waals surface area contributed by atoms with Crippen molar-refractivity contribution >= 4 is 56.2 Å². The molecule has 1 amide bonds. The van der Waals surface area contributed by atoms with Crippen LogP contribution in [0.1, 0.15) is 26.5 Å². The van der Waals surface area contributed by atoms with E-state index in [4.69, 9.17) is 10.1 Å². The minimum absolute atomic E-state index is 0.0684. The lowest BCUT2D eigenvalue weighted by molar-refractivity contribution is -0.119. The van der Waals surface area contributed by atoms with Crippen LogP contribution >= 0.6 is 11.3 Å². The number of aliphatic hydroxyl groups is 1. The lowest BCUT2D eigenvalue weighted by atomic mass is 10.0. The quantitative estimate of drug-likeness (QED) is 0.184. The Bertz CT molecular complexity index is 1800. The van der Waals surface area contributed by atoms with E-state index in [1.165, 1.54) is 11.3 Å². The molecule has 2 heterocycles. The maximum Gasteiger partial charge on any atom is 0.338 e. The van der Waals surface area contributed by atoms with Gasteiger partial charge in [-0.3, -0.25) is 10.2 Å². The van der Waals surface area contributed by atoms with Crippen LogP contribution in [0.15, 0.2) is 109 Å². The first-order valence-electron chi connectivity index (χ1n) is 13.3. The maximum atomic E-state index is 12.7. The summed E-state index contributed by atoms with van der Waals surface area (Å²) in [4.78, 5) is 31.5. The van der Waals surface area contributed by atoms with Crippen molar-refractivity contribution in [2.75, 3.05) is 23.4 Å². The number of ether oxygens (including phenoxy) is 1. The van der Waals surface area contributed by atoms with Gasteiger partial charge in [-0.25, -0.2) is 9.78 Å². The summed E-state index contributed by atoms with van der Waals surface area (Å²) in [5.74, 6) is -0.873. The summed E-state index contributed by atoms with van der Waals surface area (Å²) in [5, 5.41) is 22.8. The number of nitrogens with zero attached hydrogens (tertiary/aromatic N) is 2. The predicted molar refractivity (Wildman–Crippen MR) is 165 cm³/mol. The number of fused-ring (bicyclic) bond motifs is 1. The number of thiazole rings is 1. The van der Waals surface area contributed by atoms with Crippen LogP contribution in [0, 0.1) is 5.41 Å². The van der Waals surface area contributed by atoms with Crippen LogP contribution in [0.2, 0.25) is 0 Å². The second kappa shape index (κ2) is 11.7. The fourth-order valence-electron chi connectivity index (χ4n) is 4.79. The normalized spacial score (nSPS) is 13.0. The van der Waals surface area contributed by atoms with Crippen LogP contribution in [0.5, 0.6) is 0 Å². The average molecular weight is 575 g/mol. The van der Waals surface area contributed by atoms with Crippen LogP contribution in [-0.4, -0.2) is 41.0 Å². The van der Waals surface area contributed by atoms with Crippen molar-refractivity contribution in [3.05, 3.63) is 131 Å². The first-order valence-corrected chi connectivity index (χ1v) is 14.1. The third kappa shape index (κ3) is 5.63. The lowest BCUT2D eigenvalue weighted by Gasteiger charge is -2.18. The van der Waals surface area contributed by atoms with Crippen LogP contribution in [-0.2, 0) is 16.0 Å². The number of amides is 1. The summed E-state index contributed by atoms with van der Waals surface area (Å²) in [6.07, 6.45) is 0.660. The fraction of sp³-hybridized carbons (Fsp3) is 0.0909. The van der Waals surface area contributed by atoms with E-state index < -0.39 is 18.5 Å². The van der Waals surface area contributed by atoms with Gasteiger partial charge < -0.3 is 20.1 Å². The number of carbonyl (C=O) groups excluding carboxylic acids is 2. The Labute approximate surface area is 246 Å². The molecule has 0 aliphatic carbocycles. The van der Waals surface area contributed by atoms with Gasteiger partial charge in [0.2, 0.25) is 0 Å². The Morgan fingerprint density at radius 2 is 1.64 bits per heavy atom. The number of esters is 1. The first kappa shape index (κ1) is 26.9. The Hall–Kier alpha value is -5.28. The molecule has 0 bridgehead atoms. The molecule has 0 radical (unpaired) electrons. The molecule has 0 saturated heterocycles. The molecule has 3 N–H and O–H groups in total. The van der Waals surface area contributed by atoms with Crippen molar-refractivity contribution in [2.24, 2.45) is 0 Å². The average Bonchev–Trinajstić information content (AvgIpc) is 3.57. The Kier molecular flexibility index (Phi) is 7.49. The van der Waals surface area contributed by atoms with Gasteiger partial charge >= 0.3 is 5.97 Å². The number of amidine groups is 1. The summed E-state index contributed by atoms with van der Waals surface area (Å²) in [6, 6.07) is 31.7. The molecule has 0 saturated carbocycles. The van der Waals surface area contributed by atoms with E-state index in [9.17, 15) is 14.7 Å². The van der Waals surface area contributed by atoms with Crippen molar-refractivity contribution in [3.8, 4) is 0 Å². The minimum Gasteiger partial charge on any atom is -0.510 e. The standard InChI is InChI=1S/C33H26N4O4S/c34-31-30(32-36-26-12-6-7-13-28(26)42-32)27(38)19-37(31)24-16-14-22(15-17-24)33(40)41-20-29(39)35-25-11-5-4-10-23(25)18-21-8-2-1-3-9-21/h1-17,34,38H,18-20H2,(H,35,39). The summed E-state index contributed by atoms with van der Waals surface area (Å²) in [6.45, 7) is -0.305. The number of hydrogen-bond donors (Lipinski definition) is 3. The number of carbonyl (C=O) groups is 2. The van der Waals surface area contributed by atoms with Gasteiger partial charge in [-0.15, -0.1) is 11.3 Å². The summed E-state index contributed by atoms with van der Waals surface area (Å²) >= 11 is 1.42. The van der Waals surface area contributed by atoms with Crippen molar-refractivity contribution in [1.82, 2.24) is 4.98 Å². The Morgan fingerprint density at radius 1 is 0.929 bits per heavy atom. The molecule has 1 aromatic heterocycles. The van der Waals surface area contributed by atoms with E-state index in [1.807, 2.05) is 78.9 Å². The number of anilines is 2. The van der Waals surface area contributed by atoms with Crippen LogP contribution < -0.4 is 10.2 Å². The van der Waals surface area contributed by atoms with E-state index in [0.717, 1.165) is 21.3 Å². The van der Waals surface area contributed by atoms with Crippen molar-refractivity contribution in [2.45, 2.75) is 6.42 Å². The molecule has 9 heteroatoms. The Balaban J connectivity index is 1.06. The molecule has 4 aromatic carbocycles. The van der Waals surface area contributed by atoms with Gasteiger partial charge in [-0.1, -0.05) is 60.7 Å². The van der Waals surface area contributed by atoms with Gasteiger partial charge in [0, 0.05) is 11.4 Å². The summed E-state index contributed by atoms with van der Waals surface area (Å²) < 4.78 is 6.24. The third-order valence-electron chi connectivity index (χ3n) is 6.89. The van der Waals surface area contributed by atoms with Gasteiger partial charge in [0.05, 0.1) is 27.9 Å². The van der Waals surface area contributed by atoms with E-state index in [2.05, 4.69) is 10.3 Å². The fourth-order valence-corrected chi connectivity index (χ4v) is 5.83. The van der Waals surface area contributed by atoms with E-state index in [1.54, 1.807) is 29.2 Å². The third-order valence-corrected chi connectivity index (χ3v) is 7.94. The molecule has 42 heavy (non-hydrogen) atoms. The SMILES string of the molecule is N=C1C(c2nc3ccccc3s2)=C(O)CN1c1ccc(C(=O)OCC(=O)Nc2ccccc2Cc2ccccc2)cc1. The lowest BCUT2D eigenvalue weighted by Crippen LogP contribution is -2.26. The minimum atomic E-state index is -0.637. The largest absolute Gasteiger partial charge is 0.510 e. The first-order chi connectivity index (χ1) is 20.5. The highest BCUT2D eigenvalue weighted by Crippen LogP contribution is 2.35. The van der Waals surface area contributed by atoms with Crippen molar-refractivity contribution in [3.63, 3.8) is 0 Å². The summed E-state index contributed by atoms with van der Waals surface area (Å²) in [7, 11) is 0. The molecule has 1 aliphatic rings. The van der Waals surface area contributed by atoms with Crippen molar-refractivity contribution < 1.29 is 19.4 Å². The molecule has 5 aromatic rings. The molecule has 8 nitrogen and oxygen atoms in total. The highest BCUT2D eigenvalue weighted by atomic mass is 32.1. The molecule has 0 spiro atoms. The van der Waals surface area contributed by atoms with E-state index in [0.29, 0.717) is 28.4 Å². The van der Waals surface area contributed by atoms with Crippen LogP contribution in [0.4, 0.5) is 11.4 Å². The predicted octanol–water partition coefficient (Wildman–Crippen LogP) is 6.45. The zero-order chi connectivity index (χ0) is 29.1. The van der Waals surface area contributed by atoms with E-state index >= 15 is 0 Å². The number of benzene rings is 4. The van der Waals surface area contributed by atoms with Gasteiger partial charge in [-0.2, -0.15) is 0 Å². The molecule has 6 rings (SSSR count). The number of aromatic nitrogens is 1. The zero-order valence-corrected chi connectivity index (χ0v) is 23.2. The number of para-hydroxylation sites is 2. The molecule has 208 valence electrons. The maximum absolute atomic E-state index is 12.7. The van der Waals surface area contributed by atoms with E-state index in [-0.39, 0.29) is 23.7 Å². The Morgan fingerprint density at radius 3 is 2.43 bits per heavy atom. The molecule has 0 unspecified atom stereocenters.